The molecule has 0 aliphatic heterocycles. The zero-order valence-electron chi connectivity index (χ0n) is 19.6. The summed E-state index contributed by atoms with van der Waals surface area (Å²) in [5.74, 6) is -0.700. The number of rotatable bonds is 21. The maximum Gasteiger partial charge on any atom is 0.303 e. The Balaban J connectivity index is 3.49. The molecule has 0 aliphatic rings. The SMILES string of the molecule is CCCCCCCCCCCCCCCCCC(=O)N(CCCC(=O)O)N(C)C. The Labute approximate surface area is 180 Å². The van der Waals surface area contributed by atoms with Gasteiger partial charge >= 0.3 is 5.97 Å². The van der Waals surface area contributed by atoms with Crippen LogP contribution in [-0.2, 0) is 9.59 Å². The van der Waals surface area contributed by atoms with E-state index in [1.165, 1.54) is 83.5 Å². The first kappa shape index (κ1) is 27.9. The molecule has 0 fully saturated rings. The van der Waals surface area contributed by atoms with Crippen LogP contribution in [0.1, 0.15) is 122 Å². The molecule has 0 rings (SSSR count). The fourth-order valence-electron chi connectivity index (χ4n) is 3.70. The van der Waals surface area contributed by atoms with Gasteiger partial charge in [-0.2, -0.15) is 0 Å². The molecule has 0 heterocycles. The summed E-state index contributed by atoms with van der Waals surface area (Å²) in [6.07, 6.45) is 21.0. The van der Waals surface area contributed by atoms with E-state index in [1.54, 1.807) is 10.0 Å². The molecule has 29 heavy (non-hydrogen) atoms. The quantitative estimate of drug-likeness (QED) is 0.175. The van der Waals surface area contributed by atoms with E-state index in [0.717, 1.165) is 12.8 Å². The summed E-state index contributed by atoms with van der Waals surface area (Å²) in [4.78, 5) is 23.0. The Morgan fingerprint density at radius 3 is 1.41 bits per heavy atom. The minimum absolute atomic E-state index is 0.107. The maximum atomic E-state index is 12.3. The molecule has 0 spiro atoms. The molecule has 5 heteroatoms. The van der Waals surface area contributed by atoms with E-state index in [4.69, 9.17) is 5.11 Å². The number of carbonyl (C=O) groups is 2. The molecular weight excluding hydrogens is 364 g/mol. The summed E-state index contributed by atoms with van der Waals surface area (Å²) >= 11 is 0. The molecule has 0 bridgehead atoms. The lowest BCUT2D eigenvalue weighted by molar-refractivity contribution is -0.146. The average Bonchev–Trinajstić information content (AvgIpc) is 2.67. The normalized spacial score (nSPS) is 11.2. The first-order valence-corrected chi connectivity index (χ1v) is 12.2. The van der Waals surface area contributed by atoms with Crippen LogP contribution in [0.2, 0.25) is 0 Å². The molecular formula is C24H48N2O3. The number of hydrogen-bond acceptors (Lipinski definition) is 3. The number of nitrogens with zero attached hydrogens (tertiary/aromatic N) is 2. The van der Waals surface area contributed by atoms with Gasteiger partial charge in [0.1, 0.15) is 0 Å². The average molecular weight is 413 g/mol. The van der Waals surface area contributed by atoms with Gasteiger partial charge in [-0.1, -0.05) is 96.8 Å². The number of amides is 1. The number of aliphatic carboxylic acids is 1. The van der Waals surface area contributed by atoms with Gasteiger partial charge in [0.2, 0.25) is 5.91 Å². The van der Waals surface area contributed by atoms with E-state index in [2.05, 4.69) is 6.92 Å². The lowest BCUT2D eigenvalue weighted by Crippen LogP contribution is -2.42. The van der Waals surface area contributed by atoms with Gasteiger partial charge in [-0.25, -0.2) is 5.01 Å². The van der Waals surface area contributed by atoms with Crippen LogP contribution in [0.15, 0.2) is 0 Å². The molecule has 5 nitrogen and oxygen atoms in total. The fraction of sp³-hybridized carbons (Fsp3) is 0.917. The molecule has 172 valence electrons. The van der Waals surface area contributed by atoms with Crippen molar-refractivity contribution >= 4 is 11.9 Å². The van der Waals surface area contributed by atoms with Crippen molar-refractivity contribution in [3.8, 4) is 0 Å². The fourth-order valence-corrected chi connectivity index (χ4v) is 3.70. The van der Waals surface area contributed by atoms with Crippen molar-refractivity contribution in [2.45, 2.75) is 122 Å². The highest BCUT2D eigenvalue weighted by Gasteiger charge is 2.15. The molecule has 0 unspecified atom stereocenters. The van der Waals surface area contributed by atoms with E-state index in [1.807, 2.05) is 14.1 Å². The summed E-state index contributed by atoms with van der Waals surface area (Å²) in [6.45, 7) is 2.75. The number of carboxylic acids is 1. The molecule has 0 atom stereocenters. The third-order valence-corrected chi connectivity index (χ3v) is 5.53. The molecule has 0 saturated carbocycles. The van der Waals surface area contributed by atoms with Gasteiger partial charge in [0, 0.05) is 33.5 Å². The Bertz CT molecular complexity index is 400. The molecule has 0 aromatic rings. The summed E-state index contributed by atoms with van der Waals surface area (Å²) in [7, 11) is 3.68. The van der Waals surface area contributed by atoms with Crippen molar-refractivity contribution in [2.75, 3.05) is 20.6 Å². The number of hydrogen-bond donors (Lipinski definition) is 1. The number of hydrazine groups is 1. The maximum absolute atomic E-state index is 12.3. The van der Waals surface area contributed by atoms with Crippen molar-refractivity contribution < 1.29 is 14.7 Å². The monoisotopic (exact) mass is 412 g/mol. The first-order chi connectivity index (χ1) is 14.0. The zero-order chi connectivity index (χ0) is 21.7. The summed E-state index contributed by atoms with van der Waals surface area (Å²) in [6, 6.07) is 0. The molecule has 1 N–H and O–H groups in total. The predicted octanol–water partition coefficient (Wildman–Crippen LogP) is 6.42. The molecule has 1 amide bonds. The van der Waals surface area contributed by atoms with Gasteiger partial charge in [0.25, 0.3) is 0 Å². The van der Waals surface area contributed by atoms with E-state index in [-0.39, 0.29) is 12.3 Å². The van der Waals surface area contributed by atoms with Crippen LogP contribution >= 0.6 is 0 Å². The van der Waals surface area contributed by atoms with Crippen LogP contribution in [0.5, 0.6) is 0 Å². The first-order valence-electron chi connectivity index (χ1n) is 12.2. The number of unbranched alkanes of at least 4 members (excludes halogenated alkanes) is 14. The number of carbonyl (C=O) groups excluding carboxylic acids is 1. The van der Waals surface area contributed by atoms with Crippen LogP contribution in [0.3, 0.4) is 0 Å². The van der Waals surface area contributed by atoms with Gasteiger partial charge in [-0.3, -0.25) is 14.6 Å². The Kier molecular flexibility index (Phi) is 19.4. The van der Waals surface area contributed by atoms with E-state index in [9.17, 15) is 9.59 Å². The predicted molar refractivity (Wildman–Crippen MR) is 122 cm³/mol. The minimum atomic E-state index is -0.807. The van der Waals surface area contributed by atoms with Crippen LogP contribution in [-0.4, -0.2) is 47.6 Å². The van der Waals surface area contributed by atoms with Crippen molar-refractivity contribution in [1.82, 2.24) is 10.0 Å². The molecule has 0 saturated heterocycles. The van der Waals surface area contributed by atoms with Gasteiger partial charge in [-0.05, 0) is 12.8 Å². The Morgan fingerprint density at radius 2 is 1.03 bits per heavy atom. The second-order valence-corrected chi connectivity index (χ2v) is 8.56. The van der Waals surface area contributed by atoms with E-state index in [0.29, 0.717) is 19.4 Å². The highest BCUT2D eigenvalue weighted by atomic mass is 16.4. The largest absolute Gasteiger partial charge is 0.481 e. The summed E-state index contributed by atoms with van der Waals surface area (Å²) in [5.41, 5.74) is 0. The summed E-state index contributed by atoms with van der Waals surface area (Å²) in [5, 5.41) is 12.2. The van der Waals surface area contributed by atoms with Crippen LogP contribution in [0.4, 0.5) is 0 Å². The van der Waals surface area contributed by atoms with Crippen molar-refractivity contribution in [2.24, 2.45) is 0 Å². The lowest BCUT2D eigenvalue weighted by Gasteiger charge is -2.29. The lowest BCUT2D eigenvalue weighted by atomic mass is 10.0. The Hall–Kier alpha value is -1.10. The van der Waals surface area contributed by atoms with E-state index < -0.39 is 5.97 Å². The van der Waals surface area contributed by atoms with Crippen LogP contribution in [0.25, 0.3) is 0 Å². The molecule has 0 aromatic heterocycles. The highest BCUT2D eigenvalue weighted by Crippen LogP contribution is 2.14. The van der Waals surface area contributed by atoms with E-state index >= 15 is 0 Å². The van der Waals surface area contributed by atoms with Gasteiger partial charge < -0.3 is 5.11 Å². The second kappa shape index (κ2) is 20.2. The third kappa shape index (κ3) is 18.7. The van der Waals surface area contributed by atoms with Gasteiger partial charge in [-0.15, -0.1) is 0 Å². The van der Waals surface area contributed by atoms with Crippen molar-refractivity contribution in [3.63, 3.8) is 0 Å². The van der Waals surface area contributed by atoms with Crippen molar-refractivity contribution in [1.29, 1.82) is 0 Å². The smallest absolute Gasteiger partial charge is 0.303 e. The molecule has 0 radical (unpaired) electrons. The van der Waals surface area contributed by atoms with Crippen LogP contribution in [0, 0.1) is 0 Å². The minimum Gasteiger partial charge on any atom is -0.481 e. The zero-order valence-corrected chi connectivity index (χ0v) is 19.6. The standard InChI is InChI=1S/C24H48N2O3/c1-4-5-6-7-8-9-10-11-12-13-14-15-16-17-18-20-23(27)26(25(2)3)22-19-21-24(28)29/h4-22H2,1-3H3,(H,28,29). The second-order valence-electron chi connectivity index (χ2n) is 8.56. The Morgan fingerprint density at radius 1 is 0.621 bits per heavy atom. The third-order valence-electron chi connectivity index (χ3n) is 5.53. The van der Waals surface area contributed by atoms with Crippen LogP contribution < -0.4 is 0 Å². The van der Waals surface area contributed by atoms with Gasteiger partial charge in [0.05, 0.1) is 0 Å². The molecule has 0 aliphatic carbocycles. The van der Waals surface area contributed by atoms with Gasteiger partial charge in [0.15, 0.2) is 0 Å². The molecule has 0 aromatic carbocycles. The van der Waals surface area contributed by atoms with Crippen molar-refractivity contribution in [3.05, 3.63) is 0 Å². The topological polar surface area (TPSA) is 60.9 Å². The highest BCUT2D eigenvalue weighted by molar-refractivity contribution is 5.75. The summed E-state index contributed by atoms with van der Waals surface area (Å²) < 4.78 is 0. The number of carboxylic acid groups (broad SMARTS) is 1.